The maximum absolute atomic E-state index is 10.2. The van der Waals surface area contributed by atoms with Gasteiger partial charge in [0.15, 0.2) is 5.76 Å². The van der Waals surface area contributed by atoms with Gasteiger partial charge in [-0.05, 0) is 19.4 Å². The minimum Gasteiger partial charge on any atom is -0.295 e. The molecule has 0 aliphatic heterocycles. The van der Waals surface area contributed by atoms with Crippen LogP contribution >= 0.6 is 0 Å². The molecule has 0 aliphatic carbocycles. The average molecular weight is 111 g/mol. The average Bonchev–Trinajstić information content (AvgIpc) is 1.66. The summed E-state index contributed by atoms with van der Waals surface area (Å²) in [5.74, 6) is 0.106. The smallest absolute Gasteiger partial charge is 0.152 e. The predicted octanol–water partition coefficient (Wildman–Crippen LogP) is 2.29. The van der Waals surface area contributed by atoms with Crippen molar-refractivity contribution in [2.24, 2.45) is 0 Å². The Balaban J connectivity index is 3.42. The van der Waals surface area contributed by atoms with E-state index < -0.39 is 0 Å². The summed E-state index contributed by atoms with van der Waals surface area (Å²) < 4.78 is 0. The van der Waals surface area contributed by atoms with Crippen LogP contribution in [0.15, 0.2) is 24.0 Å². The molecule has 1 nitrogen and oxygen atoms in total. The molecule has 0 rings (SSSR count). The highest BCUT2D eigenvalue weighted by molar-refractivity contribution is 5.03. The first-order valence-electron chi connectivity index (χ1n) is 2.77. The molecule has 0 spiro atoms. The van der Waals surface area contributed by atoms with Gasteiger partial charge in [0.1, 0.15) is 0 Å². The molecule has 0 saturated carbocycles. The van der Waals surface area contributed by atoms with Gasteiger partial charge in [0, 0.05) is 0 Å². The molecule has 8 heavy (non-hydrogen) atoms. The molecule has 0 amide bonds. The van der Waals surface area contributed by atoms with Gasteiger partial charge >= 0.3 is 0 Å². The molecular formula is C7H11O. The molecule has 1 heteroatoms. The van der Waals surface area contributed by atoms with Crippen LogP contribution in [-0.2, 0) is 5.11 Å². The van der Waals surface area contributed by atoms with E-state index in [9.17, 15) is 5.11 Å². The summed E-state index contributed by atoms with van der Waals surface area (Å²) in [6, 6.07) is 0. The lowest BCUT2D eigenvalue weighted by Gasteiger charge is -1.75. The molecule has 0 bridgehead atoms. The Morgan fingerprint density at radius 2 is 2.25 bits per heavy atom. The quantitative estimate of drug-likeness (QED) is 0.385. The predicted molar refractivity (Wildman–Crippen MR) is 33.9 cm³/mol. The van der Waals surface area contributed by atoms with E-state index in [1.807, 2.05) is 13.0 Å². The van der Waals surface area contributed by atoms with Crippen molar-refractivity contribution in [3.05, 3.63) is 24.0 Å². The Labute approximate surface area is 50.3 Å². The van der Waals surface area contributed by atoms with E-state index in [2.05, 4.69) is 0 Å². The lowest BCUT2D eigenvalue weighted by molar-refractivity contribution is 0.300. The lowest BCUT2D eigenvalue weighted by Crippen LogP contribution is -1.61. The van der Waals surface area contributed by atoms with Gasteiger partial charge in [0.2, 0.25) is 0 Å². The van der Waals surface area contributed by atoms with Gasteiger partial charge in [-0.3, -0.25) is 5.11 Å². The van der Waals surface area contributed by atoms with Gasteiger partial charge in [0.25, 0.3) is 0 Å². The third-order valence-electron chi connectivity index (χ3n) is 0.703. The van der Waals surface area contributed by atoms with Gasteiger partial charge < -0.3 is 0 Å². The Hall–Kier alpha value is -0.720. The van der Waals surface area contributed by atoms with E-state index in [0.717, 1.165) is 6.42 Å². The molecule has 0 N–H and O–H groups in total. The van der Waals surface area contributed by atoms with Gasteiger partial charge in [-0.1, -0.05) is 19.1 Å². The summed E-state index contributed by atoms with van der Waals surface area (Å²) in [6.07, 6.45) is 6.27. The fourth-order valence-corrected chi connectivity index (χ4v) is 0.340. The Kier molecular flexibility index (Phi) is 4.04. The third-order valence-corrected chi connectivity index (χ3v) is 0.703. The van der Waals surface area contributed by atoms with Crippen LogP contribution in [0.3, 0.4) is 0 Å². The minimum atomic E-state index is 0.106. The van der Waals surface area contributed by atoms with Crippen molar-refractivity contribution >= 4 is 0 Å². The standard InChI is InChI=1S/C7H11O/c1-3-4-5-6-7(2)8/h4-6H,3H2,1-2H3. The zero-order chi connectivity index (χ0) is 6.41. The first kappa shape index (κ1) is 7.28. The molecule has 0 aromatic carbocycles. The highest BCUT2D eigenvalue weighted by Crippen LogP contribution is 1.87. The highest BCUT2D eigenvalue weighted by atomic mass is 16.3. The van der Waals surface area contributed by atoms with Crippen molar-refractivity contribution in [3.8, 4) is 0 Å². The lowest BCUT2D eigenvalue weighted by atomic mass is 10.4. The maximum Gasteiger partial charge on any atom is 0.152 e. The Morgan fingerprint density at radius 3 is 2.62 bits per heavy atom. The molecule has 0 aromatic heterocycles. The topological polar surface area (TPSA) is 19.9 Å². The summed E-state index contributed by atoms with van der Waals surface area (Å²) >= 11 is 0. The summed E-state index contributed by atoms with van der Waals surface area (Å²) in [5.41, 5.74) is 0. The van der Waals surface area contributed by atoms with Gasteiger partial charge in [-0.25, -0.2) is 0 Å². The normalized spacial score (nSPS) is 13.0. The first-order valence-corrected chi connectivity index (χ1v) is 2.77. The molecule has 0 heterocycles. The Bertz CT molecular complexity index is 97.0. The highest BCUT2D eigenvalue weighted by Gasteiger charge is 1.74. The van der Waals surface area contributed by atoms with Crippen LogP contribution in [0.4, 0.5) is 0 Å². The molecule has 45 valence electrons. The van der Waals surface area contributed by atoms with Crippen molar-refractivity contribution in [1.29, 1.82) is 0 Å². The molecule has 0 aromatic rings. The first-order chi connectivity index (χ1) is 3.77. The zero-order valence-electron chi connectivity index (χ0n) is 5.35. The summed E-state index contributed by atoms with van der Waals surface area (Å²) in [6.45, 7) is 3.57. The Morgan fingerprint density at radius 1 is 1.62 bits per heavy atom. The molecule has 0 unspecified atom stereocenters. The second-order valence-electron chi connectivity index (χ2n) is 1.61. The largest absolute Gasteiger partial charge is 0.295 e. The fourth-order valence-electron chi connectivity index (χ4n) is 0.340. The second kappa shape index (κ2) is 4.44. The number of rotatable bonds is 2. The van der Waals surface area contributed by atoms with E-state index in [0.29, 0.717) is 0 Å². The van der Waals surface area contributed by atoms with E-state index in [1.54, 1.807) is 19.1 Å². The van der Waals surface area contributed by atoms with Crippen molar-refractivity contribution in [3.63, 3.8) is 0 Å². The van der Waals surface area contributed by atoms with Crippen molar-refractivity contribution in [2.45, 2.75) is 20.3 Å². The summed E-state index contributed by atoms with van der Waals surface area (Å²) in [7, 11) is 0. The summed E-state index contributed by atoms with van der Waals surface area (Å²) in [5, 5.41) is 10.2. The monoisotopic (exact) mass is 111 g/mol. The van der Waals surface area contributed by atoms with Crippen molar-refractivity contribution in [2.75, 3.05) is 0 Å². The van der Waals surface area contributed by atoms with Crippen molar-refractivity contribution in [1.82, 2.24) is 0 Å². The van der Waals surface area contributed by atoms with E-state index in [4.69, 9.17) is 0 Å². The van der Waals surface area contributed by atoms with Crippen LogP contribution in [0.5, 0.6) is 0 Å². The second-order valence-corrected chi connectivity index (χ2v) is 1.61. The van der Waals surface area contributed by atoms with E-state index in [-0.39, 0.29) is 5.76 Å². The molecular weight excluding hydrogens is 100 g/mol. The number of hydrogen-bond acceptors (Lipinski definition) is 0. The van der Waals surface area contributed by atoms with Crippen molar-refractivity contribution < 1.29 is 5.11 Å². The van der Waals surface area contributed by atoms with Crippen LogP contribution in [0.25, 0.3) is 0 Å². The minimum absolute atomic E-state index is 0.106. The van der Waals surface area contributed by atoms with Gasteiger partial charge in [0.05, 0.1) is 0 Å². The molecule has 0 saturated heterocycles. The fraction of sp³-hybridized carbons (Fsp3) is 0.429. The van der Waals surface area contributed by atoms with Gasteiger partial charge in [-0.2, -0.15) is 0 Å². The maximum atomic E-state index is 10.2. The van der Waals surface area contributed by atoms with Crippen LogP contribution in [0.1, 0.15) is 20.3 Å². The third kappa shape index (κ3) is 5.28. The van der Waals surface area contributed by atoms with Crippen LogP contribution in [0, 0.1) is 0 Å². The van der Waals surface area contributed by atoms with Crippen LogP contribution < -0.4 is 0 Å². The van der Waals surface area contributed by atoms with Crippen LogP contribution in [-0.4, -0.2) is 0 Å². The van der Waals surface area contributed by atoms with Gasteiger partial charge in [-0.15, -0.1) is 0 Å². The zero-order valence-corrected chi connectivity index (χ0v) is 5.35. The molecule has 0 aliphatic rings. The van der Waals surface area contributed by atoms with Crippen LogP contribution in [0.2, 0.25) is 0 Å². The molecule has 0 atom stereocenters. The number of allylic oxidation sites excluding steroid dienone is 4. The summed E-state index contributed by atoms with van der Waals surface area (Å²) in [4.78, 5) is 0. The molecule has 0 fully saturated rings. The SMILES string of the molecule is CCC=CC=C(C)[O]. The molecule has 1 radical (unpaired) electrons. The number of hydrogen-bond donors (Lipinski definition) is 0. The van der Waals surface area contributed by atoms with E-state index >= 15 is 0 Å². The van der Waals surface area contributed by atoms with E-state index in [1.165, 1.54) is 0 Å².